The lowest BCUT2D eigenvalue weighted by Crippen LogP contribution is -2.49. The SMILES string of the molecule is COc1ccc(NC(=O)COC(=O)[C@H](C(C)C)N2C(=O)c3c(Cl)c(Cl)c(Cl)c(Cl)c3C2=O)c(OC)c1. The van der Waals surface area contributed by atoms with Crippen LogP contribution in [0.25, 0.3) is 0 Å². The first-order chi connectivity index (χ1) is 16.9. The highest BCUT2D eigenvalue weighted by Crippen LogP contribution is 2.45. The van der Waals surface area contributed by atoms with Gasteiger partial charge in [0, 0.05) is 6.07 Å². The second-order valence-electron chi connectivity index (χ2n) is 7.90. The van der Waals surface area contributed by atoms with Gasteiger partial charge < -0.3 is 19.5 Å². The maximum atomic E-state index is 13.1. The first-order valence-corrected chi connectivity index (χ1v) is 11.9. The van der Waals surface area contributed by atoms with Crippen molar-refractivity contribution in [3.05, 3.63) is 49.4 Å². The number of anilines is 1. The lowest BCUT2D eigenvalue weighted by atomic mass is 10.0. The molecule has 0 radical (unpaired) electrons. The molecule has 2 aromatic rings. The Labute approximate surface area is 226 Å². The molecule has 0 aromatic heterocycles. The summed E-state index contributed by atoms with van der Waals surface area (Å²) >= 11 is 24.4. The predicted molar refractivity (Wildman–Crippen MR) is 135 cm³/mol. The molecule has 2 aromatic carbocycles. The number of benzene rings is 2. The van der Waals surface area contributed by atoms with Crippen LogP contribution in [0.4, 0.5) is 5.69 Å². The molecule has 192 valence electrons. The molecule has 1 aliphatic rings. The number of ether oxygens (including phenoxy) is 3. The first kappa shape index (κ1) is 27.9. The van der Waals surface area contributed by atoms with Crippen molar-refractivity contribution >= 4 is 75.8 Å². The summed E-state index contributed by atoms with van der Waals surface area (Å²) in [5.74, 6) is -3.19. The quantitative estimate of drug-likeness (QED) is 0.200. The van der Waals surface area contributed by atoms with Crippen LogP contribution in [0.5, 0.6) is 11.5 Å². The third kappa shape index (κ3) is 5.06. The fraction of sp³-hybridized carbons (Fsp3) is 0.304. The molecule has 36 heavy (non-hydrogen) atoms. The molecule has 3 amide bonds. The standard InChI is InChI=1S/C23H20Cl4N2O7/c1-9(2)20(29-21(31)14-15(22(29)32)17(25)19(27)18(26)16(14)24)23(33)36-8-13(30)28-11-6-5-10(34-3)7-12(11)35-4/h5-7,9,20H,8H2,1-4H3,(H,28,30)/t20-/m0/s1. The Kier molecular flexibility index (Phi) is 8.61. The number of imide groups is 1. The van der Waals surface area contributed by atoms with Gasteiger partial charge in [0.25, 0.3) is 17.7 Å². The van der Waals surface area contributed by atoms with E-state index in [1.165, 1.54) is 14.2 Å². The van der Waals surface area contributed by atoms with Gasteiger partial charge in [-0.3, -0.25) is 19.3 Å². The van der Waals surface area contributed by atoms with Crippen LogP contribution in [0.2, 0.25) is 20.1 Å². The fourth-order valence-corrected chi connectivity index (χ4v) is 4.62. The van der Waals surface area contributed by atoms with Crippen LogP contribution < -0.4 is 14.8 Å². The van der Waals surface area contributed by atoms with E-state index in [2.05, 4.69) is 5.32 Å². The van der Waals surface area contributed by atoms with Crippen LogP contribution in [-0.2, 0) is 14.3 Å². The molecule has 0 unspecified atom stereocenters. The maximum absolute atomic E-state index is 13.1. The summed E-state index contributed by atoms with van der Waals surface area (Å²) in [6, 6.07) is 3.34. The molecular weight excluding hydrogens is 558 g/mol. The second kappa shape index (κ2) is 11.1. The van der Waals surface area contributed by atoms with Crippen LogP contribution in [0.15, 0.2) is 18.2 Å². The zero-order valence-corrected chi connectivity index (χ0v) is 22.4. The van der Waals surface area contributed by atoms with Gasteiger partial charge in [0.1, 0.15) is 17.5 Å². The summed E-state index contributed by atoms with van der Waals surface area (Å²) in [7, 11) is 2.90. The smallest absolute Gasteiger partial charge is 0.330 e. The van der Waals surface area contributed by atoms with Crippen molar-refractivity contribution in [3.8, 4) is 11.5 Å². The Balaban J connectivity index is 1.79. The zero-order chi connectivity index (χ0) is 26.9. The van der Waals surface area contributed by atoms with Gasteiger partial charge >= 0.3 is 5.97 Å². The second-order valence-corrected chi connectivity index (χ2v) is 9.41. The number of rotatable bonds is 8. The minimum atomic E-state index is -1.38. The fourth-order valence-electron chi connectivity index (χ4n) is 3.60. The third-order valence-electron chi connectivity index (χ3n) is 5.31. The average molecular weight is 578 g/mol. The van der Waals surface area contributed by atoms with Crippen molar-refractivity contribution in [3.63, 3.8) is 0 Å². The summed E-state index contributed by atoms with van der Waals surface area (Å²) in [5, 5.41) is 1.65. The Morgan fingerprint density at radius 2 is 1.47 bits per heavy atom. The average Bonchev–Trinajstić information content (AvgIpc) is 3.10. The molecule has 0 fully saturated rings. The number of esters is 1. The van der Waals surface area contributed by atoms with Crippen molar-refractivity contribution in [2.24, 2.45) is 5.92 Å². The Bertz CT molecular complexity index is 1220. The van der Waals surface area contributed by atoms with E-state index in [0.717, 1.165) is 0 Å². The lowest BCUT2D eigenvalue weighted by molar-refractivity contribution is -0.152. The van der Waals surface area contributed by atoms with E-state index in [9.17, 15) is 19.2 Å². The van der Waals surface area contributed by atoms with E-state index in [-0.39, 0.29) is 31.2 Å². The largest absolute Gasteiger partial charge is 0.497 e. The molecule has 1 atom stereocenters. The number of nitrogens with one attached hydrogen (secondary N) is 1. The van der Waals surface area contributed by atoms with Crippen LogP contribution in [-0.4, -0.2) is 55.5 Å². The van der Waals surface area contributed by atoms with E-state index in [1.807, 2.05) is 0 Å². The Morgan fingerprint density at radius 1 is 0.917 bits per heavy atom. The van der Waals surface area contributed by atoms with Gasteiger partial charge in [-0.1, -0.05) is 60.3 Å². The molecule has 0 bridgehead atoms. The van der Waals surface area contributed by atoms with Crippen LogP contribution in [0, 0.1) is 5.92 Å². The van der Waals surface area contributed by atoms with Crippen molar-refractivity contribution < 1.29 is 33.4 Å². The Morgan fingerprint density at radius 3 is 1.94 bits per heavy atom. The van der Waals surface area contributed by atoms with Crippen molar-refractivity contribution in [1.29, 1.82) is 0 Å². The summed E-state index contributed by atoms with van der Waals surface area (Å²) in [6.07, 6.45) is 0. The third-order valence-corrected chi connectivity index (χ3v) is 7.11. The first-order valence-electron chi connectivity index (χ1n) is 10.4. The molecule has 0 saturated heterocycles. The molecule has 1 heterocycles. The molecule has 1 aliphatic heterocycles. The summed E-state index contributed by atoms with van der Waals surface area (Å²) in [6.45, 7) is 2.50. The van der Waals surface area contributed by atoms with Gasteiger partial charge in [0.15, 0.2) is 6.61 Å². The number of nitrogens with zero attached hydrogens (tertiary/aromatic N) is 1. The number of halogens is 4. The Hall–Kier alpha value is -2.72. The highest BCUT2D eigenvalue weighted by atomic mass is 35.5. The normalized spacial score (nSPS) is 13.5. The number of hydrogen-bond acceptors (Lipinski definition) is 7. The minimum absolute atomic E-state index is 0.195. The van der Waals surface area contributed by atoms with Gasteiger partial charge in [-0.05, 0) is 18.1 Å². The van der Waals surface area contributed by atoms with Gasteiger partial charge in [0.05, 0.1) is 51.1 Å². The summed E-state index contributed by atoms with van der Waals surface area (Å²) < 4.78 is 15.5. The molecule has 1 N–H and O–H groups in total. The topological polar surface area (TPSA) is 111 Å². The van der Waals surface area contributed by atoms with E-state index in [4.69, 9.17) is 60.6 Å². The summed E-state index contributed by atoms with van der Waals surface area (Å²) in [4.78, 5) is 52.4. The van der Waals surface area contributed by atoms with Crippen molar-refractivity contribution in [2.45, 2.75) is 19.9 Å². The molecule has 9 nitrogen and oxygen atoms in total. The minimum Gasteiger partial charge on any atom is -0.497 e. The lowest BCUT2D eigenvalue weighted by Gasteiger charge is -2.27. The van der Waals surface area contributed by atoms with Gasteiger partial charge in [-0.2, -0.15) is 0 Å². The number of methoxy groups -OCH3 is 2. The number of carbonyl (C=O) groups is 4. The molecule has 0 aliphatic carbocycles. The highest BCUT2D eigenvalue weighted by Gasteiger charge is 2.48. The monoisotopic (exact) mass is 576 g/mol. The van der Waals surface area contributed by atoms with Crippen molar-refractivity contribution in [1.82, 2.24) is 4.90 Å². The number of amides is 3. The number of carbonyl (C=O) groups excluding carboxylic acids is 4. The molecule has 3 rings (SSSR count). The number of hydrogen-bond donors (Lipinski definition) is 1. The van der Waals surface area contributed by atoms with Crippen LogP contribution in [0.3, 0.4) is 0 Å². The molecule has 0 saturated carbocycles. The molecule has 13 heteroatoms. The zero-order valence-electron chi connectivity index (χ0n) is 19.4. The van der Waals surface area contributed by atoms with Gasteiger partial charge in [0.2, 0.25) is 0 Å². The number of fused-ring (bicyclic) bond motifs is 1. The van der Waals surface area contributed by atoms with Crippen LogP contribution in [0.1, 0.15) is 34.6 Å². The molecule has 0 spiro atoms. The van der Waals surface area contributed by atoms with Crippen molar-refractivity contribution in [2.75, 3.05) is 26.1 Å². The van der Waals surface area contributed by atoms with Gasteiger partial charge in [-0.15, -0.1) is 0 Å². The van der Waals surface area contributed by atoms with Crippen LogP contribution >= 0.6 is 46.4 Å². The van der Waals surface area contributed by atoms with E-state index < -0.39 is 42.3 Å². The van der Waals surface area contributed by atoms with E-state index >= 15 is 0 Å². The summed E-state index contributed by atoms with van der Waals surface area (Å²) in [5.41, 5.74) is -0.203. The molecular formula is C23H20Cl4N2O7. The highest BCUT2D eigenvalue weighted by molar-refractivity contribution is 6.55. The predicted octanol–water partition coefficient (Wildman–Crippen LogP) is 5.12. The van der Waals surface area contributed by atoms with E-state index in [0.29, 0.717) is 22.1 Å². The maximum Gasteiger partial charge on any atom is 0.330 e. The van der Waals surface area contributed by atoms with E-state index in [1.54, 1.807) is 32.0 Å². The van der Waals surface area contributed by atoms with Gasteiger partial charge in [-0.25, -0.2) is 4.79 Å².